The van der Waals surface area contributed by atoms with Crippen LogP contribution in [0.1, 0.15) is 5.56 Å². The predicted molar refractivity (Wildman–Crippen MR) is 48.1 cm³/mol. The van der Waals surface area contributed by atoms with E-state index in [-0.39, 0.29) is 18.2 Å². The Morgan fingerprint density at radius 3 is 2.50 bits per heavy atom. The van der Waals surface area contributed by atoms with Crippen LogP contribution in [-0.2, 0) is 6.42 Å². The van der Waals surface area contributed by atoms with Crippen LogP contribution in [0.3, 0.4) is 0 Å². The Hall–Kier alpha value is -0.800. The minimum absolute atomic E-state index is 0. The van der Waals surface area contributed by atoms with E-state index in [1.807, 2.05) is 0 Å². The van der Waals surface area contributed by atoms with Gasteiger partial charge in [-0.25, -0.2) is 4.39 Å². The van der Waals surface area contributed by atoms with E-state index in [1.54, 1.807) is 0 Å². The van der Waals surface area contributed by atoms with Gasteiger partial charge < -0.3 is 10.8 Å². The van der Waals surface area contributed by atoms with Crippen molar-refractivity contribution in [2.24, 2.45) is 5.73 Å². The number of nitrogens with two attached hydrogens (primary N) is 1. The molecule has 0 amide bonds. The van der Waals surface area contributed by atoms with Gasteiger partial charge in [-0.3, -0.25) is 0 Å². The van der Waals surface area contributed by atoms with Crippen molar-refractivity contribution in [3.63, 3.8) is 0 Å². The van der Waals surface area contributed by atoms with Gasteiger partial charge in [0.25, 0.3) is 0 Å². The van der Waals surface area contributed by atoms with Crippen LogP contribution in [0, 0.1) is 5.82 Å². The molecule has 1 rings (SSSR count). The maximum Gasteiger partial charge on any atom is 0.127 e. The van der Waals surface area contributed by atoms with Crippen molar-refractivity contribution in [3.8, 4) is 5.75 Å². The second kappa shape index (κ2) is 4.95. The van der Waals surface area contributed by atoms with E-state index in [2.05, 4.69) is 0 Å². The molecular weight excluding hydrogens is 181 g/mol. The standard InChI is InChI=1S/C8H10FNO.ClH/c9-7-3-6(1-2-10)4-8(11)5-7;/h3-5,11H,1-2,10H2;1H. The highest BCUT2D eigenvalue weighted by Gasteiger charge is 1.97. The molecule has 1 aromatic rings. The molecule has 0 aliphatic heterocycles. The zero-order chi connectivity index (χ0) is 8.27. The summed E-state index contributed by atoms with van der Waals surface area (Å²) in [5, 5.41) is 8.94. The van der Waals surface area contributed by atoms with Gasteiger partial charge in [-0.05, 0) is 30.7 Å². The van der Waals surface area contributed by atoms with Crippen molar-refractivity contribution in [2.45, 2.75) is 6.42 Å². The third-order valence-electron chi connectivity index (χ3n) is 1.38. The molecule has 3 N–H and O–H groups in total. The van der Waals surface area contributed by atoms with Gasteiger partial charge in [0.1, 0.15) is 11.6 Å². The molecule has 0 atom stereocenters. The Labute approximate surface area is 76.6 Å². The second-order valence-electron chi connectivity index (χ2n) is 2.36. The second-order valence-corrected chi connectivity index (χ2v) is 2.36. The van der Waals surface area contributed by atoms with Crippen LogP contribution in [-0.4, -0.2) is 11.7 Å². The summed E-state index contributed by atoms with van der Waals surface area (Å²) in [7, 11) is 0. The molecule has 0 aliphatic rings. The van der Waals surface area contributed by atoms with E-state index in [0.717, 1.165) is 11.6 Å². The van der Waals surface area contributed by atoms with E-state index >= 15 is 0 Å². The monoisotopic (exact) mass is 191 g/mol. The first kappa shape index (κ1) is 11.2. The fraction of sp³-hybridized carbons (Fsp3) is 0.250. The van der Waals surface area contributed by atoms with Crippen molar-refractivity contribution in [3.05, 3.63) is 29.6 Å². The highest BCUT2D eigenvalue weighted by atomic mass is 35.5. The summed E-state index contributed by atoms with van der Waals surface area (Å²) in [4.78, 5) is 0. The van der Waals surface area contributed by atoms with Crippen molar-refractivity contribution < 1.29 is 9.50 Å². The van der Waals surface area contributed by atoms with Crippen molar-refractivity contribution in [1.82, 2.24) is 0 Å². The molecule has 0 heterocycles. The smallest absolute Gasteiger partial charge is 0.127 e. The Morgan fingerprint density at radius 2 is 2.00 bits per heavy atom. The maximum absolute atomic E-state index is 12.6. The van der Waals surface area contributed by atoms with Crippen LogP contribution in [0.5, 0.6) is 5.75 Å². The SMILES string of the molecule is Cl.NCCc1cc(O)cc(F)c1. The summed E-state index contributed by atoms with van der Waals surface area (Å²) in [5.74, 6) is -0.470. The van der Waals surface area contributed by atoms with Crippen LogP contribution in [0.15, 0.2) is 18.2 Å². The zero-order valence-electron chi connectivity index (χ0n) is 6.46. The quantitative estimate of drug-likeness (QED) is 0.744. The molecular formula is C8H11ClFNO. The molecule has 68 valence electrons. The third-order valence-corrected chi connectivity index (χ3v) is 1.38. The van der Waals surface area contributed by atoms with E-state index in [0.29, 0.717) is 13.0 Å². The average Bonchev–Trinajstić information content (AvgIpc) is 1.85. The number of phenolic OH excluding ortho intramolecular Hbond substituents is 1. The summed E-state index contributed by atoms with van der Waals surface area (Å²) < 4.78 is 12.6. The van der Waals surface area contributed by atoms with Gasteiger partial charge in [0.15, 0.2) is 0 Å². The lowest BCUT2D eigenvalue weighted by atomic mass is 10.1. The lowest BCUT2D eigenvalue weighted by Gasteiger charge is -1.99. The van der Waals surface area contributed by atoms with E-state index < -0.39 is 5.82 Å². The van der Waals surface area contributed by atoms with E-state index in [1.165, 1.54) is 12.1 Å². The Kier molecular flexibility index (Phi) is 4.62. The van der Waals surface area contributed by atoms with E-state index in [4.69, 9.17) is 10.8 Å². The molecule has 12 heavy (non-hydrogen) atoms. The fourth-order valence-corrected chi connectivity index (χ4v) is 0.944. The Morgan fingerprint density at radius 1 is 1.33 bits per heavy atom. The minimum Gasteiger partial charge on any atom is -0.508 e. The summed E-state index contributed by atoms with van der Waals surface area (Å²) >= 11 is 0. The number of aromatic hydroxyl groups is 1. The molecule has 0 unspecified atom stereocenters. The molecule has 1 aromatic carbocycles. The first-order valence-corrected chi connectivity index (χ1v) is 3.41. The first-order chi connectivity index (χ1) is 5.22. The lowest BCUT2D eigenvalue weighted by molar-refractivity contribution is 0.468. The normalized spacial score (nSPS) is 9.17. The van der Waals surface area contributed by atoms with Crippen LogP contribution in [0.25, 0.3) is 0 Å². The van der Waals surface area contributed by atoms with Crippen molar-refractivity contribution >= 4 is 12.4 Å². The molecule has 0 spiro atoms. The van der Waals surface area contributed by atoms with Crippen LogP contribution >= 0.6 is 12.4 Å². The lowest BCUT2D eigenvalue weighted by Crippen LogP contribution is -2.02. The number of rotatable bonds is 2. The van der Waals surface area contributed by atoms with E-state index in [9.17, 15) is 4.39 Å². The van der Waals surface area contributed by atoms with Crippen LogP contribution in [0.2, 0.25) is 0 Å². The zero-order valence-corrected chi connectivity index (χ0v) is 7.27. The number of benzene rings is 1. The Bertz CT molecular complexity index is 235. The highest BCUT2D eigenvalue weighted by Crippen LogP contribution is 2.14. The molecule has 0 bridgehead atoms. The van der Waals surface area contributed by atoms with Gasteiger partial charge >= 0.3 is 0 Å². The number of hydrogen-bond acceptors (Lipinski definition) is 2. The number of halogens is 2. The van der Waals surface area contributed by atoms with Crippen LogP contribution < -0.4 is 5.73 Å². The fourth-order valence-electron chi connectivity index (χ4n) is 0.944. The topological polar surface area (TPSA) is 46.2 Å². The van der Waals surface area contributed by atoms with Gasteiger partial charge in [0.2, 0.25) is 0 Å². The highest BCUT2D eigenvalue weighted by molar-refractivity contribution is 5.85. The molecule has 0 saturated carbocycles. The molecule has 0 aliphatic carbocycles. The van der Waals surface area contributed by atoms with Crippen molar-refractivity contribution in [1.29, 1.82) is 0 Å². The molecule has 0 aromatic heterocycles. The van der Waals surface area contributed by atoms with Crippen molar-refractivity contribution in [2.75, 3.05) is 6.54 Å². The van der Waals surface area contributed by atoms with Gasteiger partial charge in [-0.15, -0.1) is 12.4 Å². The molecule has 2 nitrogen and oxygen atoms in total. The maximum atomic E-state index is 12.6. The molecule has 0 radical (unpaired) electrons. The first-order valence-electron chi connectivity index (χ1n) is 3.41. The molecule has 0 saturated heterocycles. The van der Waals surface area contributed by atoms with Crippen LogP contribution in [0.4, 0.5) is 4.39 Å². The summed E-state index contributed by atoms with van der Waals surface area (Å²) in [6, 6.07) is 3.95. The number of phenols is 1. The third kappa shape index (κ3) is 3.07. The minimum atomic E-state index is -0.423. The predicted octanol–water partition coefficient (Wildman–Crippen LogP) is 1.45. The Balaban J connectivity index is 0.00000121. The summed E-state index contributed by atoms with van der Waals surface area (Å²) in [5.41, 5.74) is 5.98. The molecule has 0 fully saturated rings. The summed E-state index contributed by atoms with van der Waals surface area (Å²) in [6.07, 6.45) is 0.589. The number of hydrogen-bond donors (Lipinski definition) is 2. The molecule has 4 heteroatoms. The largest absolute Gasteiger partial charge is 0.508 e. The van der Waals surface area contributed by atoms with Gasteiger partial charge in [-0.2, -0.15) is 0 Å². The van der Waals surface area contributed by atoms with Gasteiger partial charge in [0, 0.05) is 6.07 Å². The van der Waals surface area contributed by atoms with Gasteiger partial charge in [-0.1, -0.05) is 0 Å². The average molecular weight is 192 g/mol. The van der Waals surface area contributed by atoms with Gasteiger partial charge in [0.05, 0.1) is 0 Å². The summed E-state index contributed by atoms with van der Waals surface area (Å²) in [6.45, 7) is 0.461.